The molecule has 1 heterocycles. The van der Waals surface area contributed by atoms with Crippen molar-refractivity contribution in [2.24, 2.45) is 0 Å². The fourth-order valence-electron chi connectivity index (χ4n) is 2.87. The van der Waals surface area contributed by atoms with E-state index in [0.717, 1.165) is 12.3 Å². The summed E-state index contributed by atoms with van der Waals surface area (Å²) in [7, 11) is -4.21. The Hall–Kier alpha value is -2.95. The third-order valence-corrected chi connectivity index (χ3v) is 5.28. The summed E-state index contributed by atoms with van der Waals surface area (Å²) in [5, 5.41) is 0. The van der Waals surface area contributed by atoms with Crippen molar-refractivity contribution in [3.8, 4) is 16.9 Å². The lowest BCUT2D eigenvalue weighted by atomic mass is 10.1. The highest BCUT2D eigenvalue weighted by Gasteiger charge is 2.33. The number of rotatable bonds is 3. The molecule has 2 aromatic carbocycles. The molecule has 0 aliphatic rings. The van der Waals surface area contributed by atoms with Gasteiger partial charge in [0.05, 0.1) is 16.9 Å². The molecule has 29 heavy (non-hydrogen) atoms. The van der Waals surface area contributed by atoms with Crippen LogP contribution in [-0.2, 0) is 16.0 Å². The van der Waals surface area contributed by atoms with Crippen LogP contribution in [0.4, 0.5) is 22.0 Å². The van der Waals surface area contributed by atoms with Crippen LogP contribution < -0.4 is 5.76 Å². The fourth-order valence-corrected chi connectivity index (χ4v) is 3.69. The van der Waals surface area contributed by atoms with Gasteiger partial charge in [-0.25, -0.2) is 26.6 Å². The maximum absolute atomic E-state index is 14.2. The van der Waals surface area contributed by atoms with Crippen LogP contribution in [0.15, 0.2) is 50.7 Å². The molecule has 3 rings (SSSR count). The molecule has 11 heteroatoms. The number of sulfone groups is 1. The number of aromatic nitrogens is 1. The van der Waals surface area contributed by atoms with Crippen LogP contribution in [0.3, 0.4) is 0 Å². The highest BCUT2D eigenvalue weighted by molar-refractivity contribution is 7.90. The third-order valence-electron chi connectivity index (χ3n) is 4.14. The molecule has 0 aliphatic heterocycles. The van der Waals surface area contributed by atoms with Gasteiger partial charge in [0, 0.05) is 11.8 Å². The monoisotopic (exact) mass is 433 g/mol. The summed E-state index contributed by atoms with van der Waals surface area (Å²) in [6.45, 7) is 1.24. The van der Waals surface area contributed by atoms with Crippen LogP contribution in [0.25, 0.3) is 16.9 Å². The zero-order chi connectivity index (χ0) is 21.7. The van der Waals surface area contributed by atoms with Gasteiger partial charge in [-0.3, -0.25) is 0 Å². The predicted molar refractivity (Wildman–Crippen MR) is 92.5 cm³/mol. The van der Waals surface area contributed by atoms with Crippen molar-refractivity contribution in [1.29, 1.82) is 0 Å². The molecule has 0 bridgehead atoms. The topological polar surface area (TPSA) is 69.3 Å². The lowest BCUT2D eigenvalue weighted by molar-refractivity contribution is -0.138. The average molecular weight is 433 g/mol. The average Bonchev–Trinajstić information content (AvgIpc) is 2.94. The van der Waals surface area contributed by atoms with Gasteiger partial charge in [-0.2, -0.15) is 13.2 Å². The number of oxazole rings is 1. The quantitative estimate of drug-likeness (QED) is 0.583. The molecule has 0 unspecified atom stereocenters. The Bertz CT molecular complexity index is 1250. The molecule has 0 radical (unpaired) electrons. The van der Waals surface area contributed by atoms with Gasteiger partial charge in [0.25, 0.3) is 0 Å². The maximum Gasteiger partial charge on any atom is 0.424 e. The van der Waals surface area contributed by atoms with E-state index in [0.29, 0.717) is 29.0 Å². The molecule has 0 spiro atoms. The molecule has 3 aromatic rings. The first-order chi connectivity index (χ1) is 13.3. The first-order valence-corrected chi connectivity index (χ1v) is 9.78. The van der Waals surface area contributed by atoms with E-state index in [1.807, 2.05) is 0 Å². The first-order valence-electron chi connectivity index (χ1n) is 7.89. The van der Waals surface area contributed by atoms with E-state index >= 15 is 0 Å². The van der Waals surface area contributed by atoms with Crippen molar-refractivity contribution in [3.63, 3.8) is 0 Å². The van der Waals surface area contributed by atoms with Crippen molar-refractivity contribution in [2.75, 3.05) is 6.26 Å². The number of hydrogen-bond acceptors (Lipinski definition) is 4. The first kappa shape index (κ1) is 20.8. The summed E-state index contributed by atoms with van der Waals surface area (Å²) in [6, 6.07) is 4.35. The van der Waals surface area contributed by atoms with E-state index in [9.17, 15) is 35.2 Å². The largest absolute Gasteiger partial charge is 0.424 e. The molecule has 0 atom stereocenters. The fraction of sp³-hybridized carbons (Fsp3) is 0.167. The van der Waals surface area contributed by atoms with E-state index in [4.69, 9.17) is 4.42 Å². The van der Waals surface area contributed by atoms with Crippen LogP contribution in [0, 0.1) is 18.6 Å². The van der Waals surface area contributed by atoms with Gasteiger partial charge >= 0.3 is 11.9 Å². The normalized spacial score (nSPS) is 12.4. The van der Waals surface area contributed by atoms with Crippen molar-refractivity contribution >= 4 is 9.84 Å². The maximum atomic E-state index is 14.2. The van der Waals surface area contributed by atoms with Gasteiger partial charge in [0.2, 0.25) is 0 Å². The van der Waals surface area contributed by atoms with E-state index < -0.39 is 43.9 Å². The second kappa shape index (κ2) is 6.83. The van der Waals surface area contributed by atoms with Crippen molar-refractivity contribution in [1.82, 2.24) is 4.57 Å². The van der Waals surface area contributed by atoms with E-state index in [1.165, 1.54) is 13.0 Å². The number of benzene rings is 2. The summed E-state index contributed by atoms with van der Waals surface area (Å²) >= 11 is 0. The third kappa shape index (κ3) is 3.82. The zero-order valence-corrected chi connectivity index (χ0v) is 15.7. The second-order valence-corrected chi connectivity index (χ2v) is 8.21. The van der Waals surface area contributed by atoms with Gasteiger partial charge in [-0.1, -0.05) is 6.07 Å². The number of halogens is 5. The molecule has 154 valence electrons. The molecule has 0 N–H and O–H groups in total. The number of hydrogen-bond donors (Lipinski definition) is 0. The minimum Gasteiger partial charge on any atom is -0.415 e. The molecule has 1 aromatic heterocycles. The molecule has 0 saturated heterocycles. The van der Waals surface area contributed by atoms with Gasteiger partial charge in [0.15, 0.2) is 9.84 Å². The summed E-state index contributed by atoms with van der Waals surface area (Å²) in [6.07, 6.45) is -3.26. The highest BCUT2D eigenvalue weighted by atomic mass is 32.2. The Morgan fingerprint density at radius 3 is 2.14 bits per heavy atom. The van der Waals surface area contributed by atoms with Gasteiger partial charge in [-0.15, -0.1) is 0 Å². The van der Waals surface area contributed by atoms with Gasteiger partial charge in [-0.05, 0) is 36.8 Å². The van der Waals surface area contributed by atoms with Crippen LogP contribution in [-0.4, -0.2) is 19.2 Å². The number of aryl methyl sites for hydroxylation is 1. The van der Waals surface area contributed by atoms with Gasteiger partial charge < -0.3 is 4.42 Å². The molecular weight excluding hydrogens is 421 g/mol. The molecule has 0 aliphatic carbocycles. The summed E-state index contributed by atoms with van der Waals surface area (Å²) in [4.78, 5) is 10.9. The van der Waals surface area contributed by atoms with Crippen molar-refractivity contribution < 1.29 is 34.8 Å². The Balaban J connectivity index is 2.25. The Kier molecular flexibility index (Phi) is 4.89. The molecule has 0 saturated carbocycles. The van der Waals surface area contributed by atoms with Crippen LogP contribution in [0.1, 0.15) is 11.1 Å². The minimum absolute atomic E-state index is 0.0889. The van der Waals surface area contributed by atoms with E-state index in [-0.39, 0.29) is 22.5 Å². The Labute approximate surface area is 160 Å². The standard InChI is InChI=1S/C18H12F5NO4S/c1-9-3-4-11(7-12(9)18(21,22)23)24-15(8-28-17(24)25)10-5-13(19)16(14(20)6-10)29(2,26)27/h3-8H,1-2H3. The van der Waals surface area contributed by atoms with E-state index in [1.54, 1.807) is 0 Å². The summed E-state index contributed by atoms with van der Waals surface area (Å²) in [5.41, 5.74) is -1.89. The zero-order valence-electron chi connectivity index (χ0n) is 14.8. The summed E-state index contributed by atoms with van der Waals surface area (Å²) < 4.78 is 96.4. The lowest BCUT2D eigenvalue weighted by Crippen LogP contribution is -2.16. The van der Waals surface area contributed by atoms with Crippen molar-refractivity contribution in [3.05, 3.63) is 69.9 Å². The number of nitrogens with zero attached hydrogens (tertiary/aromatic N) is 1. The van der Waals surface area contributed by atoms with Crippen LogP contribution in [0.2, 0.25) is 0 Å². The molecule has 5 nitrogen and oxygen atoms in total. The summed E-state index contributed by atoms with van der Waals surface area (Å²) in [5.74, 6) is -3.92. The SMILES string of the molecule is Cc1ccc(-n2c(-c3cc(F)c(S(C)(=O)=O)c(F)c3)coc2=O)cc1C(F)(F)F. The van der Waals surface area contributed by atoms with Crippen molar-refractivity contribution in [2.45, 2.75) is 18.0 Å². The number of alkyl halides is 3. The van der Waals surface area contributed by atoms with Gasteiger partial charge in [0.1, 0.15) is 22.8 Å². The molecular formula is C18H12F5NO4S. The highest BCUT2D eigenvalue weighted by Crippen LogP contribution is 2.34. The Morgan fingerprint density at radius 2 is 1.62 bits per heavy atom. The van der Waals surface area contributed by atoms with Crippen LogP contribution in [0.5, 0.6) is 0 Å². The minimum atomic E-state index is -4.69. The lowest BCUT2D eigenvalue weighted by Gasteiger charge is -2.13. The predicted octanol–water partition coefficient (Wildman–Crippen LogP) is 4.11. The smallest absolute Gasteiger partial charge is 0.415 e. The van der Waals surface area contributed by atoms with E-state index in [2.05, 4.69) is 0 Å². The Morgan fingerprint density at radius 1 is 1.03 bits per heavy atom. The second-order valence-electron chi connectivity index (χ2n) is 6.26. The molecule has 0 fully saturated rings. The molecule has 0 amide bonds. The van der Waals surface area contributed by atoms with Crippen LogP contribution >= 0.6 is 0 Å².